The van der Waals surface area contributed by atoms with Crippen LogP contribution >= 0.6 is 11.6 Å². The first-order valence-electron chi connectivity index (χ1n) is 8.41. The number of halogens is 1. The van der Waals surface area contributed by atoms with E-state index in [9.17, 15) is 9.59 Å². The summed E-state index contributed by atoms with van der Waals surface area (Å²) >= 11 is 5.89. The van der Waals surface area contributed by atoms with Gasteiger partial charge >= 0.3 is 0 Å². The third-order valence-corrected chi connectivity index (χ3v) is 4.73. The molecule has 1 atom stereocenters. The number of hydrogen-bond donors (Lipinski definition) is 1. The van der Waals surface area contributed by atoms with E-state index in [1.807, 2.05) is 24.3 Å². The molecule has 2 amide bonds. The van der Waals surface area contributed by atoms with E-state index in [1.54, 1.807) is 29.2 Å². The minimum Gasteiger partial charge on any atom is -0.326 e. The molecule has 0 aromatic heterocycles. The average Bonchev–Trinajstić information content (AvgIpc) is 2.98. The molecule has 5 heteroatoms. The molecule has 25 heavy (non-hydrogen) atoms. The first kappa shape index (κ1) is 17.5. The zero-order valence-corrected chi connectivity index (χ0v) is 15.1. The van der Waals surface area contributed by atoms with Crippen molar-refractivity contribution in [2.75, 3.05) is 16.8 Å². The van der Waals surface area contributed by atoms with Crippen molar-refractivity contribution in [3.05, 3.63) is 59.1 Å². The third kappa shape index (κ3) is 4.02. The topological polar surface area (TPSA) is 49.4 Å². The second-order valence-corrected chi connectivity index (χ2v) is 7.08. The van der Waals surface area contributed by atoms with Crippen LogP contribution in [0, 0.1) is 5.92 Å². The van der Waals surface area contributed by atoms with E-state index in [-0.39, 0.29) is 24.2 Å². The second kappa shape index (κ2) is 7.28. The van der Waals surface area contributed by atoms with Crippen LogP contribution in [0.4, 0.5) is 11.4 Å². The number of nitrogens with zero attached hydrogens (tertiary/aromatic N) is 1. The summed E-state index contributed by atoms with van der Waals surface area (Å²) in [6.07, 6.45) is 0.221. The SMILES string of the molecule is CC(C)c1ccc(NC(=O)[C@H]2CC(=O)N(c3ccc(Cl)cc3)C2)cc1. The average molecular weight is 357 g/mol. The van der Waals surface area contributed by atoms with Crippen LogP contribution < -0.4 is 10.2 Å². The molecule has 1 aliphatic heterocycles. The number of rotatable bonds is 4. The van der Waals surface area contributed by atoms with Crippen LogP contribution in [-0.4, -0.2) is 18.4 Å². The lowest BCUT2D eigenvalue weighted by atomic mass is 10.0. The Kier molecular flexibility index (Phi) is 5.09. The summed E-state index contributed by atoms with van der Waals surface area (Å²) in [5.41, 5.74) is 2.75. The summed E-state index contributed by atoms with van der Waals surface area (Å²) in [5.74, 6) is -0.0715. The fraction of sp³-hybridized carbons (Fsp3) is 0.300. The normalized spacial score (nSPS) is 17.2. The Labute approximate surface area is 152 Å². The Morgan fingerprint density at radius 1 is 1.12 bits per heavy atom. The highest BCUT2D eigenvalue weighted by molar-refractivity contribution is 6.30. The smallest absolute Gasteiger partial charge is 0.229 e. The lowest BCUT2D eigenvalue weighted by Gasteiger charge is -2.17. The predicted molar refractivity (Wildman–Crippen MR) is 101 cm³/mol. The molecular weight excluding hydrogens is 336 g/mol. The van der Waals surface area contributed by atoms with Crippen molar-refractivity contribution in [2.24, 2.45) is 5.92 Å². The van der Waals surface area contributed by atoms with Crippen LogP contribution in [0.5, 0.6) is 0 Å². The summed E-state index contributed by atoms with van der Waals surface area (Å²) in [7, 11) is 0. The molecule has 1 fully saturated rings. The number of carbonyl (C=O) groups is 2. The molecule has 4 nitrogen and oxygen atoms in total. The molecule has 130 valence electrons. The van der Waals surface area contributed by atoms with E-state index in [4.69, 9.17) is 11.6 Å². The van der Waals surface area contributed by atoms with Gasteiger partial charge in [-0.05, 0) is 47.9 Å². The van der Waals surface area contributed by atoms with Crippen molar-refractivity contribution in [3.8, 4) is 0 Å². The molecular formula is C20H21ClN2O2. The lowest BCUT2D eigenvalue weighted by Crippen LogP contribution is -2.28. The van der Waals surface area contributed by atoms with Gasteiger partial charge in [0.15, 0.2) is 0 Å². The van der Waals surface area contributed by atoms with Crippen LogP contribution in [0.1, 0.15) is 31.7 Å². The largest absolute Gasteiger partial charge is 0.326 e. The fourth-order valence-corrected chi connectivity index (χ4v) is 3.08. The minimum absolute atomic E-state index is 0.0439. The van der Waals surface area contributed by atoms with Crippen LogP contribution in [0.15, 0.2) is 48.5 Å². The number of benzene rings is 2. The van der Waals surface area contributed by atoms with E-state index in [0.29, 0.717) is 17.5 Å². The molecule has 0 saturated carbocycles. The standard InChI is InChI=1S/C20H21ClN2O2/c1-13(2)14-3-7-17(8-4-14)22-20(25)15-11-19(24)23(12-15)18-9-5-16(21)6-10-18/h3-10,13,15H,11-12H2,1-2H3,(H,22,25)/t15-/m0/s1. The third-order valence-electron chi connectivity index (χ3n) is 4.48. The number of hydrogen-bond acceptors (Lipinski definition) is 2. The molecule has 2 aromatic rings. The van der Waals surface area contributed by atoms with Crippen LogP contribution in [0.2, 0.25) is 5.02 Å². The monoisotopic (exact) mass is 356 g/mol. The molecule has 1 N–H and O–H groups in total. The summed E-state index contributed by atoms with van der Waals surface area (Å²) in [6.45, 7) is 4.64. The fourth-order valence-electron chi connectivity index (χ4n) is 2.95. The maximum absolute atomic E-state index is 12.5. The van der Waals surface area contributed by atoms with Gasteiger partial charge in [-0.25, -0.2) is 0 Å². The summed E-state index contributed by atoms with van der Waals surface area (Å²) in [5, 5.41) is 3.53. The van der Waals surface area contributed by atoms with Crippen molar-refractivity contribution >= 4 is 34.8 Å². The molecule has 3 rings (SSSR count). The van der Waals surface area contributed by atoms with Gasteiger partial charge in [0.2, 0.25) is 11.8 Å². The molecule has 1 saturated heterocycles. The first-order chi connectivity index (χ1) is 11.9. The van der Waals surface area contributed by atoms with Gasteiger partial charge in [0.25, 0.3) is 0 Å². The van der Waals surface area contributed by atoms with Crippen LogP contribution in [-0.2, 0) is 9.59 Å². The van der Waals surface area contributed by atoms with Gasteiger partial charge in [-0.2, -0.15) is 0 Å². The van der Waals surface area contributed by atoms with Gasteiger partial charge in [0, 0.05) is 29.4 Å². The van der Waals surface area contributed by atoms with Gasteiger partial charge in [0.1, 0.15) is 0 Å². The van der Waals surface area contributed by atoms with Gasteiger partial charge in [-0.3, -0.25) is 9.59 Å². The summed E-state index contributed by atoms with van der Waals surface area (Å²) in [4.78, 5) is 26.4. The Hall–Kier alpha value is -2.33. The summed E-state index contributed by atoms with van der Waals surface area (Å²) < 4.78 is 0. The van der Waals surface area contributed by atoms with E-state index < -0.39 is 0 Å². The summed E-state index contributed by atoms with van der Waals surface area (Å²) in [6, 6.07) is 14.9. The first-order valence-corrected chi connectivity index (χ1v) is 8.78. The zero-order valence-electron chi connectivity index (χ0n) is 14.3. The highest BCUT2D eigenvalue weighted by Gasteiger charge is 2.35. The Balaban J connectivity index is 1.65. The van der Waals surface area contributed by atoms with Gasteiger partial charge in [-0.15, -0.1) is 0 Å². The molecule has 0 aliphatic carbocycles. The molecule has 0 bridgehead atoms. The van der Waals surface area contributed by atoms with Crippen molar-refractivity contribution in [1.82, 2.24) is 0 Å². The van der Waals surface area contributed by atoms with Crippen molar-refractivity contribution < 1.29 is 9.59 Å². The Morgan fingerprint density at radius 3 is 2.36 bits per heavy atom. The highest BCUT2D eigenvalue weighted by atomic mass is 35.5. The molecule has 0 spiro atoms. The molecule has 2 aromatic carbocycles. The highest BCUT2D eigenvalue weighted by Crippen LogP contribution is 2.27. The molecule has 1 heterocycles. The molecule has 1 aliphatic rings. The number of amides is 2. The number of carbonyl (C=O) groups excluding carboxylic acids is 2. The maximum Gasteiger partial charge on any atom is 0.229 e. The van der Waals surface area contributed by atoms with Gasteiger partial charge < -0.3 is 10.2 Å². The van der Waals surface area contributed by atoms with Gasteiger partial charge in [0.05, 0.1) is 5.92 Å². The van der Waals surface area contributed by atoms with E-state index in [1.165, 1.54) is 5.56 Å². The zero-order chi connectivity index (χ0) is 18.0. The quantitative estimate of drug-likeness (QED) is 0.879. The number of anilines is 2. The van der Waals surface area contributed by atoms with Crippen molar-refractivity contribution in [2.45, 2.75) is 26.2 Å². The Bertz CT molecular complexity index is 769. The maximum atomic E-state index is 12.5. The van der Waals surface area contributed by atoms with Gasteiger partial charge in [-0.1, -0.05) is 37.6 Å². The van der Waals surface area contributed by atoms with Crippen LogP contribution in [0.3, 0.4) is 0 Å². The number of nitrogens with one attached hydrogen (secondary N) is 1. The Morgan fingerprint density at radius 2 is 1.76 bits per heavy atom. The van der Waals surface area contributed by atoms with Crippen molar-refractivity contribution in [3.63, 3.8) is 0 Å². The van der Waals surface area contributed by atoms with E-state index in [0.717, 1.165) is 11.4 Å². The second-order valence-electron chi connectivity index (χ2n) is 6.65. The minimum atomic E-state index is -0.354. The lowest BCUT2D eigenvalue weighted by molar-refractivity contribution is -0.122. The van der Waals surface area contributed by atoms with Crippen LogP contribution in [0.25, 0.3) is 0 Å². The molecule has 0 unspecified atom stereocenters. The molecule has 0 radical (unpaired) electrons. The van der Waals surface area contributed by atoms with Crippen molar-refractivity contribution in [1.29, 1.82) is 0 Å². The predicted octanol–water partition coefficient (Wildman–Crippen LogP) is 4.46. The van der Waals surface area contributed by atoms with E-state index in [2.05, 4.69) is 19.2 Å². The van der Waals surface area contributed by atoms with E-state index >= 15 is 0 Å².